The summed E-state index contributed by atoms with van der Waals surface area (Å²) < 4.78 is 11.7. The van der Waals surface area contributed by atoms with Crippen molar-refractivity contribution in [3.63, 3.8) is 0 Å². The number of fused-ring (bicyclic) bond motifs is 1. The average molecular weight is 268 g/mol. The zero-order valence-electron chi connectivity index (χ0n) is 10.6. The Bertz CT molecular complexity index is 457. The van der Waals surface area contributed by atoms with Crippen molar-refractivity contribution in [2.45, 2.75) is 19.3 Å². The first-order chi connectivity index (χ1) is 8.72. The van der Waals surface area contributed by atoms with E-state index in [9.17, 15) is 0 Å². The van der Waals surface area contributed by atoms with Crippen molar-refractivity contribution in [3.05, 3.63) is 22.7 Å². The topological polar surface area (TPSA) is 30.5 Å². The molecule has 1 N–H and O–H groups in total. The molecule has 0 saturated heterocycles. The van der Waals surface area contributed by atoms with Crippen LogP contribution in [0.5, 0.6) is 11.5 Å². The Labute approximate surface area is 112 Å². The molecular weight excluding hydrogens is 250 g/mol. The van der Waals surface area contributed by atoms with Crippen molar-refractivity contribution in [1.82, 2.24) is 5.32 Å². The first-order valence-corrected chi connectivity index (χ1v) is 6.83. The quantitative estimate of drug-likeness (QED) is 0.913. The molecule has 18 heavy (non-hydrogen) atoms. The Morgan fingerprint density at radius 2 is 2.06 bits per heavy atom. The van der Waals surface area contributed by atoms with Gasteiger partial charge in [-0.1, -0.05) is 11.6 Å². The minimum absolute atomic E-state index is 0.257. The van der Waals surface area contributed by atoms with Gasteiger partial charge in [-0.25, -0.2) is 0 Å². The molecular formula is C14H18ClNO2. The van der Waals surface area contributed by atoms with E-state index in [0.29, 0.717) is 10.8 Å². The summed E-state index contributed by atoms with van der Waals surface area (Å²) in [5.41, 5.74) is 1.44. The van der Waals surface area contributed by atoms with Crippen LogP contribution < -0.4 is 14.8 Å². The van der Waals surface area contributed by atoms with Gasteiger partial charge in [0.05, 0.1) is 18.2 Å². The molecule has 1 heterocycles. The highest BCUT2D eigenvalue weighted by molar-refractivity contribution is 6.32. The fourth-order valence-electron chi connectivity index (χ4n) is 2.25. The highest BCUT2D eigenvalue weighted by Crippen LogP contribution is 2.50. The van der Waals surface area contributed by atoms with Gasteiger partial charge in [0, 0.05) is 5.41 Å². The van der Waals surface area contributed by atoms with Crippen molar-refractivity contribution in [3.8, 4) is 11.5 Å². The largest absolute Gasteiger partial charge is 0.489 e. The van der Waals surface area contributed by atoms with E-state index in [0.717, 1.165) is 31.9 Å². The third-order valence-corrected chi connectivity index (χ3v) is 4.03. The van der Waals surface area contributed by atoms with E-state index in [2.05, 4.69) is 11.4 Å². The average Bonchev–Trinajstić information content (AvgIpc) is 3.15. The number of hydrogen-bond donors (Lipinski definition) is 1. The second-order valence-corrected chi connectivity index (χ2v) is 5.74. The molecule has 1 aromatic rings. The molecule has 1 aromatic carbocycles. The molecule has 2 aliphatic rings. The monoisotopic (exact) mass is 267 g/mol. The van der Waals surface area contributed by atoms with Crippen molar-refractivity contribution < 1.29 is 9.47 Å². The first kappa shape index (κ1) is 12.1. The van der Waals surface area contributed by atoms with Crippen LogP contribution in [0.15, 0.2) is 12.1 Å². The number of ether oxygens (including phenoxy) is 2. The van der Waals surface area contributed by atoms with Crippen molar-refractivity contribution in [2.24, 2.45) is 5.41 Å². The second kappa shape index (κ2) is 4.63. The number of halogens is 1. The van der Waals surface area contributed by atoms with E-state index in [-0.39, 0.29) is 5.41 Å². The summed E-state index contributed by atoms with van der Waals surface area (Å²) in [6.07, 6.45) is 3.34. The summed E-state index contributed by atoms with van der Waals surface area (Å²) in [6, 6.07) is 4.03. The Balaban J connectivity index is 1.84. The molecule has 0 atom stereocenters. The van der Waals surface area contributed by atoms with Crippen molar-refractivity contribution in [2.75, 3.05) is 26.8 Å². The lowest BCUT2D eigenvalue weighted by atomic mass is 10.1. The Morgan fingerprint density at radius 3 is 2.78 bits per heavy atom. The van der Waals surface area contributed by atoms with Crippen molar-refractivity contribution in [1.29, 1.82) is 0 Å². The van der Waals surface area contributed by atoms with Crippen LogP contribution in [0.4, 0.5) is 0 Å². The van der Waals surface area contributed by atoms with Gasteiger partial charge in [0.1, 0.15) is 0 Å². The van der Waals surface area contributed by atoms with Gasteiger partial charge < -0.3 is 14.8 Å². The molecule has 0 radical (unpaired) electrons. The SMILES string of the molecule is CNCCc1cc(Cl)c2c(c1)OCC1(CC1)CO2. The van der Waals surface area contributed by atoms with Gasteiger partial charge >= 0.3 is 0 Å². The van der Waals surface area contributed by atoms with Crippen LogP contribution in [-0.4, -0.2) is 26.8 Å². The lowest BCUT2D eigenvalue weighted by Crippen LogP contribution is -2.17. The standard InChI is InChI=1S/C14H18ClNO2/c1-16-5-2-10-6-11(15)13-12(7-10)17-8-14(3-4-14)9-18-13/h6-7,16H,2-5,8-9H2,1H3. The molecule has 1 aliphatic heterocycles. The predicted molar refractivity (Wildman–Crippen MR) is 71.7 cm³/mol. The smallest absolute Gasteiger partial charge is 0.179 e. The maximum atomic E-state index is 6.29. The summed E-state index contributed by atoms with van der Waals surface area (Å²) in [5.74, 6) is 1.52. The van der Waals surface area contributed by atoms with Crippen LogP contribution in [0.1, 0.15) is 18.4 Å². The van der Waals surface area contributed by atoms with Gasteiger partial charge in [0.15, 0.2) is 11.5 Å². The van der Waals surface area contributed by atoms with Crippen LogP contribution in [0.2, 0.25) is 5.02 Å². The molecule has 0 amide bonds. The van der Waals surface area contributed by atoms with Crippen LogP contribution in [0.25, 0.3) is 0 Å². The molecule has 4 heteroatoms. The summed E-state index contributed by atoms with van der Waals surface area (Å²) >= 11 is 6.29. The summed E-state index contributed by atoms with van der Waals surface area (Å²) in [7, 11) is 1.95. The second-order valence-electron chi connectivity index (χ2n) is 5.34. The molecule has 0 aromatic heterocycles. The number of nitrogens with one attached hydrogen (secondary N) is 1. The summed E-state index contributed by atoms with van der Waals surface area (Å²) in [5, 5.41) is 3.80. The molecule has 3 rings (SSSR count). The molecule has 0 unspecified atom stereocenters. The highest BCUT2D eigenvalue weighted by atomic mass is 35.5. The van der Waals surface area contributed by atoms with E-state index in [4.69, 9.17) is 21.1 Å². The van der Waals surface area contributed by atoms with Gasteiger partial charge in [0.2, 0.25) is 0 Å². The van der Waals surface area contributed by atoms with Crippen LogP contribution >= 0.6 is 11.6 Å². The van der Waals surface area contributed by atoms with E-state index in [1.165, 1.54) is 18.4 Å². The summed E-state index contributed by atoms with van der Waals surface area (Å²) in [4.78, 5) is 0. The lowest BCUT2D eigenvalue weighted by molar-refractivity contribution is 0.197. The van der Waals surface area contributed by atoms with Crippen LogP contribution in [0, 0.1) is 5.41 Å². The minimum atomic E-state index is 0.257. The zero-order valence-corrected chi connectivity index (χ0v) is 11.3. The number of likely N-dealkylation sites (N-methyl/N-ethyl adjacent to an activating group) is 1. The maximum Gasteiger partial charge on any atom is 0.179 e. The third kappa shape index (κ3) is 2.29. The van der Waals surface area contributed by atoms with E-state index in [1.807, 2.05) is 13.1 Å². The molecule has 0 bridgehead atoms. The Hall–Kier alpha value is -0.930. The first-order valence-electron chi connectivity index (χ1n) is 6.45. The molecule has 1 spiro atoms. The van der Waals surface area contributed by atoms with Gasteiger partial charge in [0.25, 0.3) is 0 Å². The van der Waals surface area contributed by atoms with E-state index in [1.54, 1.807) is 0 Å². The molecule has 98 valence electrons. The predicted octanol–water partition coefficient (Wildman–Crippen LogP) is 2.65. The van der Waals surface area contributed by atoms with Crippen LogP contribution in [-0.2, 0) is 6.42 Å². The van der Waals surface area contributed by atoms with E-state index >= 15 is 0 Å². The molecule has 1 aliphatic carbocycles. The Morgan fingerprint density at radius 1 is 1.28 bits per heavy atom. The molecule has 1 fully saturated rings. The molecule has 1 saturated carbocycles. The number of rotatable bonds is 3. The minimum Gasteiger partial charge on any atom is -0.489 e. The Kier molecular flexibility index (Phi) is 3.12. The lowest BCUT2D eigenvalue weighted by Gasteiger charge is -2.11. The van der Waals surface area contributed by atoms with Crippen molar-refractivity contribution >= 4 is 11.6 Å². The zero-order chi connectivity index (χ0) is 12.6. The molecule has 3 nitrogen and oxygen atoms in total. The van der Waals surface area contributed by atoms with Gasteiger partial charge in [-0.2, -0.15) is 0 Å². The van der Waals surface area contributed by atoms with Gasteiger partial charge in [-0.05, 0) is 50.6 Å². The fraction of sp³-hybridized carbons (Fsp3) is 0.571. The third-order valence-electron chi connectivity index (χ3n) is 3.75. The fourth-order valence-corrected chi connectivity index (χ4v) is 2.53. The van der Waals surface area contributed by atoms with Crippen LogP contribution in [0.3, 0.4) is 0 Å². The normalized spacial score (nSPS) is 19.7. The maximum absolute atomic E-state index is 6.29. The van der Waals surface area contributed by atoms with Gasteiger partial charge in [-0.15, -0.1) is 0 Å². The van der Waals surface area contributed by atoms with E-state index < -0.39 is 0 Å². The highest BCUT2D eigenvalue weighted by Gasteiger charge is 2.46. The number of benzene rings is 1. The number of hydrogen-bond acceptors (Lipinski definition) is 3. The summed E-state index contributed by atoms with van der Waals surface area (Å²) in [6.45, 7) is 2.42. The van der Waals surface area contributed by atoms with Gasteiger partial charge in [-0.3, -0.25) is 0 Å².